The van der Waals surface area contributed by atoms with Gasteiger partial charge in [-0.2, -0.15) is 5.10 Å². The summed E-state index contributed by atoms with van der Waals surface area (Å²) in [6, 6.07) is 8.22. The predicted molar refractivity (Wildman–Crippen MR) is 85.3 cm³/mol. The van der Waals surface area contributed by atoms with Gasteiger partial charge in [0.25, 0.3) is 0 Å². The lowest BCUT2D eigenvalue weighted by Gasteiger charge is -2.13. The number of rotatable bonds is 5. The number of anilines is 1. The van der Waals surface area contributed by atoms with E-state index in [-0.39, 0.29) is 18.8 Å². The highest BCUT2D eigenvalue weighted by molar-refractivity contribution is 9.10. The standard InChI is InChI=1S/C15H14BrFN4O/c16-12-9-19-21-6-5-14(20-15(12)21)18-8-11(22)7-10-3-1-2-4-13(10)17/h1-6,9,11,22H,7-8H2,(H,18,20). The Morgan fingerprint density at radius 1 is 1.32 bits per heavy atom. The van der Waals surface area contributed by atoms with Gasteiger partial charge >= 0.3 is 0 Å². The van der Waals surface area contributed by atoms with Crippen LogP contribution in [0.15, 0.2) is 47.2 Å². The van der Waals surface area contributed by atoms with Gasteiger partial charge in [-0.25, -0.2) is 13.9 Å². The molecule has 3 rings (SSSR count). The summed E-state index contributed by atoms with van der Waals surface area (Å²) in [5.41, 5.74) is 1.19. The van der Waals surface area contributed by atoms with Crippen molar-refractivity contribution in [2.75, 3.05) is 11.9 Å². The molecule has 2 heterocycles. The molecule has 7 heteroatoms. The number of hydrogen-bond acceptors (Lipinski definition) is 4. The van der Waals surface area contributed by atoms with Gasteiger partial charge in [0.1, 0.15) is 11.6 Å². The summed E-state index contributed by atoms with van der Waals surface area (Å²) >= 11 is 3.37. The Hall–Kier alpha value is -1.99. The average Bonchev–Trinajstić information content (AvgIpc) is 2.89. The Morgan fingerprint density at radius 2 is 2.14 bits per heavy atom. The summed E-state index contributed by atoms with van der Waals surface area (Å²) in [4.78, 5) is 4.39. The molecule has 0 saturated carbocycles. The Kier molecular flexibility index (Phi) is 4.35. The molecule has 1 aromatic carbocycles. The molecule has 0 aliphatic carbocycles. The topological polar surface area (TPSA) is 62.5 Å². The fourth-order valence-electron chi connectivity index (χ4n) is 2.15. The molecule has 0 saturated heterocycles. The van der Waals surface area contributed by atoms with Gasteiger partial charge in [0.05, 0.1) is 16.8 Å². The fraction of sp³-hybridized carbons (Fsp3) is 0.200. The number of aliphatic hydroxyl groups is 1. The molecule has 1 unspecified atom stereocenters. The van der Waals surface area contributed by atoms with Crippen molar-refractivity contribution in [1.82, 2.24) is 14.6 Å². The van der Waals surface area contributed by atoms with Crippen molar-refractivity contribution in [3.8, 4) is 0 Å². The highest BCUT2D eigenvalue weighted by Crippen LogP contribution is 2.17. The van der Waals surface area contributed by atoms with E-state index in [2.05, 4.69) is 31.3 Å². The van der Waals surface area contributed by atoms with Crippen LogP contribution in [0.1, 0.15) is 5.56 Å². The summed E-state index contributed by atoms with van der Waals surface area (Å²) in [6.07, 6.45) is 2.99. The first-order valence-corrected chi connectivity index (χ1v) is 7.58. The van der Waals surface area contributed by atoms with Crippen LogP contribution in [0.2, 0.25) is 0 Å². The quantitative estimate of drug-likeness (QED) is 0.730. The molecule has 0 bridgehead atoms. The highest BCUT2D eigenvalue weighted by Gasteiger charge is 2.10. The third-order valence-electron chi connectivity index (χ3n) is 3.26. The van der Waals surface area contributed by atoms with Crippen molar-refractivity contribution in [3.63, 3.8) is 0 Å². The zero-order valence-electron chi connectivity index (χ0n) is 11.6. The second kappa shape index (κ2) is 6.41. The monoisotopic (exact) mass is 364 g/mol. The molecule has 0 aliphatic rings. The Balaban J connectivity index is 1.63. The first-order chi connectivity index (χ1) is 10.6. The summed E-state index contributed by atoms with van der Waals surface area (Å²) in [5.74, 6) is 0.325. The van der Waals surface area contributed by atoms with E-state index in [1.165, 1.54) is 6.07 Å². The molecular weight excluding hydrogens is 351 g/mol. The third kappa shape index (κ3) is 3.26. The van der Waals surface area contributed by atoms with Crippen molar-refractivity contribution in [3.05, 3.63) is 58.6 Å². The zero-order valence-corrected chi connectivity index (χ0v) is 13.2. The van der Waals surface area contributed by atoms with E-state index >= 15 is 0 Å². The summed E-state index contributed by atoms with van der Waals surface area (Å²) in [5, 5.41) is 17.2. The van der Waals surface area contributed by atoms with Gasteiger partial charge < -0.3 is 10.4 Å². The molecule has 22 heavy (non-hydrogen) atoms. The molecular formula is C15H14BrFN4O. The molecule has 0 fully saturated rings. The van der Waals surface area contributed by atoms with Crippen molar-refractivity contribution < 1.29 is 9.50 Å². The van der Waals surface area contributed by atoms with Crippen LogP contribution >= 0.6 is 15.9 Å². The second-order valence-corrected chi connectivity index (χ2v) is 5.76. The first-order valence-electron chi connectivity index (χ1n) is 6.79. The van der Waals surface area contributed by atoms with Gasteiger partial charge in [-0.1, -0.05) is 18.2 Å². The summed E-state index contributed by atoms with van der Waals surface area (Å²) in [6.45, 7) is 0.281. The van der Waals surface area contributed by atoms with Crippen LogP contribution in [0.3, 0.4) is 0 Å². The maximum absolute atomic E-state index is 13.5. The van der Waals surface area contributed by atoms with E-state index in [1.807, 2.05) is 0 Å². The van der Waals surface area contributed by atoms with Crippen LogP contribution in [0.25, 0.3) is 5.65 Å². The molecule has 0 amide bonds. The van der Waals surface area contributed by atoms with Gasteiger partial charge in [-0.3, -0.25) is 0 Å². The average molecular weight is 365 g/mol. The fourth-order valence-corrected chi connectivity index (χ4v) is 2.51. The third-order valence-corrected chi connectivity index (χ3v) is 3.82. The number of nitrogens with zero attached hydrogens (tertiary/aromatic N) is 3. The van der Waals surface area contributed by atoms with Crippen LogP contribution < -0.4 is 5.32 Å². The lowest BCUT2D eigenvalue weighted by atomic mass is 10.1. The summed E-state index contributed by atoms with van der Waals surface area (Å²) in [7, 11) is 0. The van der Waals surface area contributed by atoms with E-state index in [9.17, 15) is 9.50 Å². The number of hydrogen-bond donors (Lipinski definition) is 2. The Labute approximate surface area is 134 Å². The van der Waals surface area contributed by atoms with E-state index in [0.717, 1.165) is 4.47 Å². The van der Waals surface area contributed by atoms with Gasteiger partial charge in [0, 0.05) is 19.2 Å². The van der Waals surface area contributed by atoms with Gasteiger partial charge in [-0.05, 0) is 33.6 Å². The molecule has 114 valence electrons. The largest absolute Gasteiger partial charge is 0.391 e. The zero-order chi connectivity index (χ0) is 15.5. The molecule has 1 atom stereocenters. The van der Waals surface area contributed by atoms with Crippen LogP contribution in [0.5, 0.6) is 0 Å². The molecule has 3 aromatic rings. The van der Waals surface area contributed by atoms with Crippen molar-refractivity contribution in [2.45, 2.75) is 12.5 Å². The first kappa shape index (κ1) is 14.9. The number of fused-ring (bicyclic) bond motifs is 1. The minimum absolute atomic E-state index is 0.248. The van der Waals surface area contributed by atoms with Crippen LogP contribution in [0, 0.1) is 5.82 Å². The van der Waals surface area contributed by atoms with E-state index in [1.54, 1.807) is 41.2 Å². The van der Waals surface area contributed by atoms with Gasteiger partial charge in [0.15, 0.2) is 5.65 Å². The maximum Gasteiger partial charge on any atom is 0.171 e. The molecule has 5 nitrogen and oxygen atoms in total. The minimum atomic E-state index is -0.705. The summed E-state index contributed by atoms with van der Waals surface area (Å²) < 4.78 is 16.0. The van der Waals surface area contributed by atoms with Crippen LogP contribution in [-0.4, -0.2) is 32.4 Å². The predicted octanol–water partition coefficient (Wildman–Crippen LogP) is 2.65. The highest BCUT2D eigenvalue weighted by atomic mass is 79.9. The number of halogens is 2. The van der Waals surface area contributed by atoms with Gasteiger partial charge in [0.2, 0.25) is 0 Å². The van der Waals surface area contributed by atoms with E-state index < -0.39 is 6.10 Å². The molecule has 2 N–H and O–H groups in total. The van der Waals surface area contributed by atoms with Crippen LogP contribution in [0.4, 0.5) is 10.2 Å². The number of aliphatic hydroxyl groups excluding tert-OH is 1. The van der Waals surface area contributed by atoms with Crippen molar-refractivity contribution >= 4 is 27.4 Å². The molecule has 2 aromatic heterocycles. The van der Waals surface area contributed by atoms with Crippen molar-refractivity contribution in [1.29, 1.82) is 0 Å². The van der Waals surface area contributed by atoms with Crippen molar-refractivity contribution in [2.24, 2.45) is 0 Å². The normalized spacial score (nSPS) is 12.5. The Bertz CT molecular complexity index is 792. The maximum atomic E-state index is 13.5. The van der Waals surface area contributed by atoms with E-state index in [4.69, 9.17) is 0 Å². The SMILES string of the molecule is OC(CNc1ccn2ncc(Br)c2n1)Cc1ccccc1F. The van der Waals surface area contributed by atoms with E-state index in [0.29, 0.717) is 17.0 Å². The van der Waals surface area contributed by atoms with Gasteiger partial charge in [-0.15, -0.1) is 0 Å². The molecule has 0 radical (unpaired) electrons. The lowest BCUT2D eigenvalue weighted by Crippen LogP contribution is -2.22. The number of aromatic nitrogens is 3. The smallest absolute Gasteiger partial charge is 0.171 e. The molecule has 0 aliphatic heterocycles. The number of nitrogens with one attached hydrogen (secondary N) is 1. The van der Waals surface area contributed by atoms with Crippen LogP contribution in [-0.2, 0) is 6.42 Å². The lowest BCUT2D eigenvalue weighted by molar-refractivity contribution is 0.186. The molecule has 0 spiro atoms. The Morgan fingerprint density at radius 3 is 2.95 bits per heavy atom. The minimum Gasteiger partial charge on any atom is -0.391 e. The number of benzene rings is 1. The second-order valence-electron chi connectivity index (χ2n) is 4.90.